The van der Waals surface area contributed by atoms with E-state index < -0.39 is 0 Å². The first-order valence-electron chi connectivity index (χ1n) is 8.37. The number of likely N-dealkylation sites (N-methyl/N-ethyl adjacent to an activating group) is 1. The smallest absolute Gasteiger partial charge is 0.251 e. The van der Waals surface area contributed by atoms with Crippen LogP contribution in [0.4, 0.5) is 5.82 Å². The van der Waals surface area contributed by atoms with Crippen LogP contribution in [0.25, 0.3) is 0 Å². The zero-order valence-electron chi connectivity index (χ0n) is 15.7. The number of aromatic nitrogens is 1. The molecular formula is C19H26N4O3. The van der Waals surface area contributed by atoms with E-state index >= 15 is 0 Å². The first-order chi connectivity index (χ1) is 12.5. The van der Waals surface area contributed by atoms with E-state index in [9.17, 15) is 4.79 Å². The Morgan fingerprint density at radius 2 is 1.88 bits per heavy atom. The molecule has 0 unspecified atom stereocenters. The minimum Gasteiger partial charge on any atom is -0.493 e. The first-order valence-corrected chi connectivity index (χ1v) is 8.37. The van der Waals surface area contributed by atoms with Crippen molar-refractivity contribution in [3.8, 4) is 11.5 Å². The fourth-order valence-corrected chi connectivity index (χ4v) is 2.35. The van der Waals surface area contributed by atoms with Gasteiger partial charge in [-0.3, -0.25) is 4.79 Å². The Labute approximate surface area is 154 Å². The van der Waals surface area contributed by atoms with E-state index in [4.69, 9.17) is 9.47 Å². The highest BCUT2D eigenvalue weighted by atomic mass is 16.5. The van der Waals surface area contributed by atoms with Crippen molar-refractivity contribution in [1.82, 2.24) is 15.2 Å². The Morgan fingerprint density at radius 3 is 2.58 bits per heavy atom. The van der Waals surface area contributed by atoms with E-state index in [-0.39, 0.29) is 5.91 Å². The summed E-state index contributed by atoms with van der Waals surface area (Å²) in [7, 11) is 7.19. The lowest BCUT2D eigenvalue weighted by atomic mass is 10.2. The van der Waals surface area contributed by atoms with Gasteiger partial charge in [-0.15, -0.1) is 0 Å². The molecule has 1 amide bonds. The summed E-state index contributed by atoms with van der Waals surface area (Å²) in [5.74, 6) is 1.82. The summed E-state index contributed by atoms with van der Waals surface area (Å²) in [6.07, 6.45) is 1.63. The molecule has 0 atom stereocenters. The summed E-state index contributed by atoms with van der Waals surface area (Å²) >= 11 is 0. The molecular weight excluding hydrogens is 332 g/mol. The molecule has 7 nitrogen and oxygen atoms in total. The zero-order valence-corrected chi connectivity index (χ0v) is 15.7. The highest BCUT2D eigenvalue weighted by Gasteiger charge is 2.09. The van der Waals surface area contributed by atoms with Gasteiger partial charge in [0, 0.05) is 31.4 Å². The first kappa shape index (κ1) is 19.5. The van der Waals surface area contributed by atoms with E-state index in [1.165, 1.54) is 0 Å². The maximum Gasteiger partial charge on any atom is 0.251 e. The number of hydrogen-bond acceptors (Lipinski definition) is 6. The minimum atomic E-state index is -0.155. The molecule has 2 N–H and O–H groups in total. The van der Waals surface area contributed by atoms with E-state index in [0.29, 0.717) is 29.4 Å². The monoisotopic (exact) mass is 358 g/mol. The van der Waals surface area contributed by atoms with Crippen molar-refractivity contribution in [2.24, 2.45) is 0 Å². The number of benzene rings is 1. The summed E-state index contributed by atoms with van der Waals surface area (Å²) in [6.45, 7) is 2.04. The topological polar surface area (TPSA) is 75.7 Å². The van der Waals surface area contributed by atoms with Gasteiger partial charge in [0.15, 0.2) is 11.5 Å². The number of ether oxygens (including phenoxy) is 2. The normalized spacial score (nSPS) is 10.5. The zero-order chi connectivity index (χ0) is 18.9. The van der Waals surface area contributed by atoms with E-state index in [2.05, 4.69) is 20.5 Å². The standard InChI is InChI=1S/C19H26N4O3/c1-23(2)10-9-21-18-12-15(7-8-20-18)19(24)22-13-14-5-6-16(25-3)17(11-14)26-4/h5-8,11-12H,9-10,13H2,1-4H3,(H,20,21)(H,22,24). The number of carbonyl (C=O) groups is 1. The van der Waals surface area contributed by atoms with Crippen LogP contribution in [-0.4, -0.2) is 57.2 Å². The van der Waals surface area contributed by atoms with Crippen molar-refractivity contribution in [3.63, 3.8) is 0 Å². The molecule has 0 radical (unpaired) electrons. The molecule has 0 fully saturated rings. The number of amides is 1. The summed E-state index contributed by atoms with van der Waals surface area (Å²) in [5.41, 5.74) is 1.49. The van der Waals surface area contributed by atoms with Crippen molar-refractivity contribution < 1.29 is 14.3 Å². The lowest BCUT2D eigenvalue weighted by molar-refractivity contribution is 0.0951. The molecule has 26 heavy (non-hydrogen) atoms. The fraction of sp³-hybridized carbons (Fsp3) is 0.368. The van der Waals surface area contributed by atoms with Crippen LogP contribution in [0.3, 0.4) is 0 Å². The lowest BCUT2D eigenvalue weighted by Crippen LogP contribution is -2.23. The van der Waals surface area contributed by atoms with Crippen molar-refractivity contribution >= 4 is 11.7 Å². The van der Waals surface area contributed by atoms with E-state index in [1.54, 1.807) is 32.5 Å². The number of hydrogen-bond donors (Lipinski definition) is 2. The Morgan fingerprint density at radius 1 is 1.12 bits per heavy atom. The van der Waals surface area contributed by atoms with Gasteiger partial charge in [-0.25, -0.2) is 4.98 Å². The molecule has 1 heterocycles. The number of methoxy groups -OCH3 is 2. The molecule has 1 aromatic carbocycles. The Balaban J connectivity index is 1.95. The molecule has 2 aromatic rings. The second-order valence-electron chi connectivity index (χ2n) is 6.03. The Hall–Kier alpha value is -2.80. The van der Waals surface area contributed by atoms with Gasteiger partial charge in [0.25, 0.3) is 5.91 Å². The van der Waals surface area contributed by atoms with Gasteiger partial charge in [0.05, 0.1) is 14.2 Å². The molecule has 1 aromatic heterocycles. The molecule has 2 rings (SSSR count). The summed E-state index contributed by atoms with van der Waals surface area (Å²) in [4.78, 5) is 18.7. The molecule has 0 saturated carbocycles. The fourth-order valence-electron chi connectivity index (χ4n) is 2.35. The third-order valence-electron chi connectivity index (χ3n) is 3.79. The Bertz CT molecular complexity index is 734. The van der Waals surface area contributed by atoms with Crippen LogP contribution in [0.2, 0.25) is 0 Å². The van der Waals surface area contributed by atoms with Crippen molar-refractivity contribution in [2.45, 2.75) is 6.54 Å². The predicted molar refractivity (Wildman–Crippen MR) is 102 cm³/mol. The highest BCUT2D eigenvalue weighted by molar-refractivity contribution is 5.94. The highest BCUT2D eigenvalue weighted by Crippen LogP contribution is 2.27. The second-order valence-corrected chi connectivity index (χ2v) is 6.03. The van der Waals surface area contributed by atoms with Crippen LogP contribution in [-0.2, 0) is 6.54 Å². The molecule has 7 heteroatoms. The SMILES string of the molecule is COc1ccc(CNC(=O)c2ccnc(NCCN(C)C)c2)cc1OC. The van der Waals surface area contributed by atoms with Crippen LogP contribution in [0.1, 0.15) is 15.9 Å². The summed E-state index contributed by atoms with van der Waals surface area (Å²) < 4.78 is 10.5. The van der Waals surface area contributed by atoms with Gasteiger partial charge in [-0.05, 0) is 43.9 Å². The number of carbonyl (C=O) groups excluding carboxylic acids is 1. The van der Waals surface area contributed by atoms with Crippen LogP contribution in [0.15, 0.2) is 36.5 Å². The number of anilines is 1. The average molecular weight is 358 g/mol. The third kappa shape index (κ3) is 5.63. The van der Waals surface area contributed by atoms with Crippen LogP contribution < -0.4 is 20.1 Å². The summed E-state index contributed by atoms with van der Waals surface area (Å²) in [6, 6.07) is 9.00. The van der Waals surface area contributed by atoms with Crippen molar-refractivity contribution in [1.29, 1.82) is 0 Å². The average Bonchev–Trinajstić information content (AvgIpc) is 2.65. The molecule has 0 aliphatic rings. The van der Waals surface area contributed by atoms with Gasteiger partial charge in [0.2, 0.25) is 0 Å². The van der Waals surface area contributed by atoms with Gasteiger partial charge >= 0.3 is 0 Å². The molecule has 0 saturated heterocycles. The van der Waals surface area contributed by atoms with Gasteiger partial charge in [0.1, 0.15) is 5.82 Å². The van der Waals surface area contributed by atoms with Gasteiger partial charge in [-0.1, -0.05) is 6.07 Å². The van der Waals surface area contributed by atoms with Gasteiger partial charge in [-0.2, -0.15) is 0 Å². The quantitative estimate of drug-likeness (QED) is 0.714. The molecule has 0 aliphatic carbocycles. The molecule has 140 valence electrons. The Kier molecular flexibility index (Phi) is 7.23. The van der Waals surface area contributed by atoms with Crippen LogP contribution >= 0.6 is 0 Å². The van der Waals surface area contributed by atoms with Crippen molar-refractivity contribution in [2.75, 3.05) is 46.7 Å². The van der Waals surface area contributed by atoms with Gasteiger partial charge < -0.3 is 25.0 Å². The third-order valence-corrected chi connectivity index (χ3v) is 3.79. The number of rotatable bonds is 9. The number of nitrogens with one attached hydrogen (secondary N) is 2. The molecule has 0 spiro atoms. The van der Waals surface area contributed by atoms with Crippen LogP contribution in [0.5, 0.6) is 11.5 Å². The largest absolute Gasteiger partial charge is 0.493 e. The van der Waals surface area contributed by atoms with Crippen LogP contribution in [0, 0.1) is 0 Å². The molecule has 0 aliphatic heterocycles. The van der Waals surface area contributed by atoms with Crippen molar-refractivity contribution in [3.05, 3.63) is 47.7 Å². The predicted octanol–water partition coefficient (Wildman–Crippen LogP) is 2.00. The maximum atomic E-state index is 12.4. The number of pyridine rings is 1. The minimum absolute atomic E-state index is 0.155. The van der Waals surface area contributed by atoms with E-state index in [0.717, 1.165) is 18.7 Å². The molecule has 0 bridgehead atoms. The maximum absolute atomic E-state index is 12.4. The van der Waals surface area contributed by atoms with E-state index in [1.807, 2.05) is 32.3 Å². The second kappa shape index (κ2) is 9.62. The number of nitrogens with zero attached hydrogens (tertiary/aromatic N) is 2. The lowest BCUT2D eigenvalue weighted by Gasteiger charge is -2.12. The summed E-state index contributed by atoms with van der Waals surface area (Å²) in [5, 5.41) is 6.12.